The predicted molar refractivity (Wildman–Crippen MR) is 44.1 cm³/mol. The Labute approximate surface area is 78.5 Å². The quantitative estimate of drug-likeness (QED) is 0.652. The number of hydrogen-bond acceptors (Lipinski definition) is 3. The van der Waals surface area contributed by atoms with Gasteiger partial charge in [-0.1, -0.05) is 11.6 Å². The summed E-state index contributed by atoms with van der Waals surface area (Å²) in [6, 6.07) is 4.41. The number of aromatic nitrogens is 1. The molecule has 1 aromatic heterocycles. The molecule has 0 amide bonds. The Hall–Kier alpha value is -1.11. The highest BCUT2D eigenvalue weighted by Crippen LogP contribution is 2.12. The van der Waals surface area contributed by atoms with Crippen molar-refractivity contribution < 1.29 is 4.79 Å². The van der Waals surface area contributed by atoms with Crippen LogP contribution in [0.15, 0.2) is 12.1 Å². The van der Waals surface area contributed by atoms with Crippen molar-refractivity contribution in [2.45, 2.75) is 0 Å². The van der Waals surface area contributed by atoms with Crippen LogP contribution in [0.2, 0.25) is 5.02 Å². The number of hydrogen-bond donors (Lipinski definition) is 0. The molecule has 0 saturated carbocycles. The van der Waals surface area contributed by atoms with E-state index in [-0.39, 0.29) is 16.4 Å². The van der Waals surface area contributed by atoms with Crippen LogP contribution in [-0.4, -0.2) is 10.2 Å². The minimum absolute atomic E-state index is 0.0132. The maximum Gasteiger partial charge on any atom is 0.270 e. The van der Waals surface area contributed by atoms with E-state index in [4.69, 9.17) is 28.5 Å². The summed E-state index contributed by atoms with van der Waals surface area (Å²) >= 11 is 10.7. The highest BCUT2D eigenvalue weighted by atomic mass is 35.5. The Balaban J connectivity index is 3.26. The summed E-state index contributed by atoms with van der Waals surface area (Å²) in [5, 5.41) is 7.98. The molecular formula is C7H2Cl2N2O. The van der Waals surface area contributed by atoms with Gasteiger partial charge in [0.2, 0.25) is 0 Å². The third-order valence-corrected chi connectivity index (χ3v) is 1.52. The van der Waals surface area contributed by atoms with E-state index in [9.17, 15) is 4.79 Å². The third kappa shape index (κ3) is 1.94. The molecule has 0 aliphatic heterocycles. The third-order valence-electron chi connectivity index (χ3n) is 1.11. The molecule has 0 bridgehead atoms. The smallest absolute Gasteiger partial charge is 0.270 e. The van der Waals surface area contributed by atoms with Gasteiger partial charge in [0.15, 0.2) is 0 Å². The van der Waals surface area contributed by atoms with Crippen LogP contribution in [0.4, 0.5) is 0 Å². The second-order valence-corrected chi connectivity index (χ2v) is 2.72. The van der Waals surface area contributed by atoms with Gasteiger partial charge in [-0.15, -0.1) is 0 Å². The number of rotatable bonds is 1. The van der Waals surface area contributed by atoms with E-state index in [0.717, 1.165) is 0 Å². The molecule has 0 fully saturated rings. The number of pyridine rings is 1. The monoisotopic (exact) mass is 200 g/mol. The zero-order valence-electron chi connectivity index (χ0n) is 5.71. The van der Waals surface area contributed by atoms with Gasteiger partial charge in [0.05, 0.1) is 0 Å². The van der Waals surface area contributed by atoms with Crippen LogP contribution in [-0.2, 0) is 0 Å². The van der Waals surface area contributed by atoms with Gasteiger partial charge in [-0.05, 0) is 23.7 Å². The van der Waals surface area contributed by atoms with Crippen LogP contribution in [0.1, 0.15) is 16.2 Å². The first kappa shape index (κ1) is 8.98. The number of halogens is 2. The van der Waals surface area contributed by atoms with Crippen molar-refractivity contribution in [3.63, 3.8) is 0 Å². The van der Waals surface area contributed by atoms with Gasteiger partial charge in [0.1, 0.15) is 17.5 Å². The number of carbonyl (C=O) groups is 1. The second kappa shape index (κ2) is 3.53. The second-order valence-electron chi connectivity index (χ2n) is 1.94. The Morgan fingerprint density at radius 3 is 2.75 bits per heavy atom. The summed E-state index contributed by atoms with van der Waals surface area (Å²) in [4.78, 5) is 14.2. The molecule has 0 N–H and O–H groups in total. The van der Waals surface area contributed by atoms with Crippen molar-refractivity contribution in [1.29, 1.82) is 5.26 Å². The standard InChI is InChI=1S/C7H2Cl2N2O/c8-4-1-5(3-10)11-6(2-4)7(9)12/h1-2H. The molecule has 60 valence electrons. The molecule has 12 heavy (non-hydrogen) atoms. The van der Waals surface area contributed by atoms with Crippen molar-refractivity contribution in [1.82, 2.24) is 4.98 Å². The fraction of sp³-hybridized carbons (Fsp3) is 0. The van der Waals surface area contributed by atoms with Crippen LogP contribution in [0.5, 0.6) is 0 Å². The molecular weight excluding hydrogens is 199 g/mol. The highest BCUT2D eigenvalue weighted by molar-refractivity contribution is 6.67. The fourth-order valence-electron chi connectivity index (χ4n) is 0.655. The molecule has 0 aliphatic carbocycles. The first-order valence-corrected chi connectivity index (χ1v) is 3.66. The normalized spacial score (nSPS) is 9.08. The number of carbonyl (C=O) groups excluding carboxylic acids is 1. The minimum Gasteiger partial charge on any atom is -0.274 e. The molecule has 0 aliphatic rings. The maximum absolute atomic E-state index is 10.6. The Bertz CT molecular complexity index is 370. The van der Waals surface area contributed by atoms with Crippen LogP contribution in [0.3, 0.4) is 0 Å². The Kier molecular flexibility index (Phi) is 2.64. The molecule has 0 spiro atoms. The van der Waals surface area contributed by atoms with E-state index in [2.05, 4.69) is 4.98 Å². The topological polar surface area (TPSA) is 53.8 Å². The van der Waals surface area contributed by atoms with Gasteiger partial charge < -0.3 is 0 Å². The van der Waals surface area contributed by atoms with Gasteiger partial charge in [0, 0.05) is 5.02 Å². The fourth-order valence-corrected chi connectivity index (χ4v) is 0.959. The zero-order valence-corrected chi connectivity index (χ0v) is 7.23. The van der Waals surface area contributed by atoms with Gasteiger partial charge in [-0.2, -0.15) is 5.26 Å². The average molecular weight is 201 g/mol. The summed E-state index contributed by atoms with van der Waals surface area (Å²) in [6.07, 6.45) is 0. The maximum atomic E-state index is 10.6. The summed E-state index contributed by atoms with van der Waals surface area (Å²) in [5.74, 6) is 0. The molecule has 0 aromatic carbocycles. The average Bonchev–Trinajstić information content (AvgIpc) is 2.03. The van der Waals surface area contributed by atoms with E-state index in [1.807, 2.05) is 0 Å². The number of nitriles is 1. The van der Waals surface area contributed by atoms with Crippen LogP contribution >= 0.6 is 23.2 Å². The first-order chi connectivity index (χ1) is 5.63. The lowest BCUT2D eigenvalue weighted by Gasteiger charge is -1.94. The molecule has 0 saturated heterocycles. The molecule has 5 heteroatoms. The number of nitrogens with zero attached hydrogens (tertiary/aromatic N) is 2. The lowest BCUT2D eigenvalue weighted by atomic mass is 10.3. The van der Waals surface area contributed by atoms with E-state index >= 15 is 0 Å². The summed E-state index contributed by atoms with van der Waals surface area (Å²) in [7, 11) is 0. The van der Waals surface area contributed by atoms with Crippen molar-refractivity contribution in [3.8, 4) is 6.07 Å². The van der Waals surface area contributed by atoms with Gasteiger partial charge in [0.25, 0.3) is 5.24 Å². The molecule has 0 radical (unpaired) electrons. The zero-order chi connectivity index (χ0) is 9.14. The van der Waals surface area contributed by atoms with E-state index in [1.165, 1.54) is 12.1 Å². The van der Waals surface area contributed by atoms with E-state index < -0.39 is 5.24 Å². The van der Waals surface area contributed by atoms with Crippen LogP contribution in [0.25, 0.3) is 0 Å². The molecule has 3 nitrogen and oxygen atoms in total. The predicted octanol–water partition coefficient (Wildman–Crippen LogP) is 1.99. The Morgan fingerprint density at radius 1 is 1.58 bits per heavy atom. The van der Waals surface area contributed by atoms with Gasteiger partial charge in [-0.25, -0.2) is 4.98 Å². The molecule has 0 unspecified atom stereocenters. The van der Waals surface area contributed by atoms with Crippen LogP contribution in [0, 0.1) is 11.3 Å². The lowest BCUT2D eigenvalue weighted by molar-refractivity contribution is 0.107. The molecule has 1 rings (SSSR count). The Morgan fingerprint density at radius 2 is 2.25 bits per heavy atom. The van der Waals surface area contributed by atoms with E-state index in [1.54, 1.807) is 6.07 Å². The lowest BCUT2D eigenvalue weighted by Crippen LogP contribution is -1.95. The van der Waals surface area contributed by atoms with Crippen LogP contribution < -0.4 is 0 Å². The van der Waals surface area contributed by atoms with Crippen molar-refractivity contribution >= 4 is 28.4 Å². The molecule has 1 heterocycles. The highest BCUT2D eigenvalue weighted by Gasteiger charge is 2.06. The van der Waals surface area contributed by atoms with Gasteiger partial charge in [-0.3, -0.25) is 4.79 Å². The van der Waals surface area contributed by atoms with Gasteiger partial charge >= 0.3 is 0 Å². The molecule has 1 aromatic rings. The SMILES string of the molecule is N#Cc1cc(Cl)cc(C(=O)Cl)n1. The summed E-state index contributed by atoms with van der Waals surface area (Å²) in [6.45, 7) is 0. The summed E-state index contributed by atoms with van der Waals surface area (Å²) in [5.41, 5.74) is 0.0622. The first-order valence-electron chi connectivity index (χ1n) is 2.91. The molecule has 0 atom stereocenters. The van der Waals surface area contributed by atoms with Crippen molar-refractivity contribution in [2.75, 3.05) is 0 Å². The largest absolute Gasteiger partial charge is 0.274 e. The minimum atomic E-state index is -0.728. The van der Waals surface area contributed by atoms with Crippen molar-refractivity contribution in [3.05, 3.63) is 28.5 Å². The summed E-state index contributed by atoms with van der Waals surface area (Å²) < 4.78 is 0. The van der Waals surface area contributed by atoms with Crippen molar-refractivity contribution in [2.24, 2.45) is 0 Å². The van der Waals surface area contributed by atoms with E-state index in [0.29, 0.717) is 0 Å².